The molecule has 0 bridgehead atoms. The number of hydrogen-bond acceptors (Lipinski definition) is 4. The second kappa shape index (κ2) is 8.94. The number of thiophene rings is 1. The molecule has 4 rings (SSSR count). The van der Waals surface area contributed by atoms with Crippen LogP contribution in [0, 0.1) is 0 Å². The summed E-state index contributed by atoms with van der Waals surface area (Å²) in [7, 11) is 0. The van der Waals surface area contributed by atoms with Crippen molar-refractivity contribution in [2.24, 2.45) is 0 Å². The van der Waals surface area contributed by atoms with E-state index in [4.69, 9.17) is 0 Å². The number of rotatable bonds is 6. The molecular formula is C23H18N2O2S2. The minimum Gasteiger partial charge on any atom is -0.325 e. The first-order valence-corrected chi connectivity index (χ1v) is 10.9. The molecule has 0 saturated carbocycles. The molecule has 6 heteroatoms. The highest BCUT2D eigenvalue weighted by Gasteiger charge is 2.08. The molecule has 4 aromatic rings. The van der Waals surface area contributed by atoms with Gasteiger partial charge in [-0.25, -0.2) is 0 Å². The highest BCUT2D eigenvalue weighted by molar-refractivity contribution is 8.00. The van der Waals surface area contributed by atoms with Gasteiger partial charge in [-0.3, -0.25) is 9.59 Å². The highest BCUT2D eigenvalue weighted by Crippen LogP contribution is 2.23. The van der Waals surface area contributed by atoms with Gasteiger partial charge >= 0.3 is 0 Å². The number of thioether (sulfide) groups is 1. The molecule has 1 heterocycles. The van der Waals surface area contributed by atoms with Gasteiger partial charge in [-0.15, -0.1) is 23.1 Å². The molecule has 0 saturated heterocycles. The highest BCUT2D eigenvalue weighted by atomic mass is 32.2. The van der Waals surface area contributed by atoms with Crippen LogP contribution in [0.2, 0.25) is 0 Å². The van der Waals surface area contributed by atoms with Crippen LogP contribution in [0.25, 0.3) is 10.8 Å². The van der Waals surface area contributed by atoms with E-state index in [9.17, 15) is 9.59 Å². The van der Waals surface area contributed by atoms with E-state index in [2.05, 4.69) is 10.6 Å². The number of nitrogens with one attached hydrogen (secondary N) is 2. The van der Waals surface area contributed by atoms with E-state index in [-0.39, 0.29) is 17.6 Å². The maximum Gasteiger partial charge on any atom is 0.265 e. The minimum atomic E-state index is -0.129. The Morgan fingerprint density at radius 1 is 0.793 bits per heavy atom. The van der Waals surface area contributed by atoms with Crippen LogP contribution in [-0.2, 0) is 4.79 Å². The van der Waals surface area contributed by atoms with Gasteiger partial charge in [0.15, 0.2) is 0 Å². The van der Waals surface area contributed by atoms with E-state index in [1.165, 1.54) is 23.1 Å². The normalized spacial score (nSPS) is 10.6. The first-order valence-electron chi connectivity index (χ1n) is 9.04. The van der Waals surface area contributed by atoms with Crippen molar-refractivity contribution in [2.45, 2.75) is 4.90 Å². The average molecular weight is 419 g/mol. The van der Waals surface area contributed by atoms with Gasteiger partial charge in [0.25, 0.3) is 5.91 Å². The molecule has 2 N–H and O–H groups in total. The summed E-state index contributed by atoms with van der Waals surface area (Å²) in [6.07, 6.45) is 0. The van der Waals surface area contributed by atoms with E-state index in [0.29, 0.717) is 10.6 Å². The Bertz CT molecular complexity index is 1160. The Morgan fingerprint density at radius 2 is 1.62 bits per heavy atom. The molecule has 1 aromatic heterocycles. The summed E-state index contributed by atoms with van der Waals surface area (Å²) < 4.78 is 0. The lowest BCUT2D eigenvalue weighted by Crippen LogP contribution is -2.14. The minimum absolute atomic E-state index is 0.0710. The molecule has 0 aliphatic heterocycles. The molecule has 2 amide bonds. The molecule has 4 nitrogen and oxygen atoms in total. The number of fused-ring (bicyclic) bond motifs is 1. The summed E-state index contributed by atoms with van der Waals surface area (Å²) in [6, 6.07) is 25.1. The summed E-state index contributed by atoms with van der Waals surface area (Å²) in [5.74, 6) is 0.0873. The van der Waals surface area contributed by atoms with Gasteiger partial charge < -0.3 is 10.6 Å². The molecule has 0 fully saturated rings. The quantitative estimate of drug-likeness (QED) is 0.384. The monoisotopic (exact) mass is 418 g/mol. The number of carbonyl (C=O) groups is 2. The third-order valence-electron chi connectivity index (χ3n) is 4.24. The van der Waals surface area contributed by atoms with Gasteiger partial charge in [-0.2, -0.15) is 0 Å². The SMILES string of the molecule is O=C(CSc1cccc(NC(=O)c2cccs2)c1)Nc1ccc2ccccc2c1. The molecular weight excluding hydrogens is 400 g/mol. The fourth-order valence-corrected chi connectivity index (χ4v) is 4.25. The van der Waals surface area contributed by atoms with Crippen molar-refractivity contribution in [3.8, 4) is 0 Å². The van der Waals surface area contributed by atoms with Crippen molar-refractivity contribution in [1.29, 1.82) is 0 Å². The Hall–Kier alpha value is -3.09. The Balaban J connectivity index is 1.34. The predicted octanol–water partition coefficient (Wildman–Crippen LogP) is 5.88. The average Bonchev–Trinajstić information content (AvgIpc) is 3.28. The third kappa shape index (κ3) is 5.04. The molecule has 144 valence electrons. The van der Waals surface area contributed by atoms with E-state index in [1.54, 1.807) is 6.07 Å². The smallest absolute Gasteiger partial charge is 0.265 e. The van der Waals surface area contributed by atoms with Crippen molar-refractivity contribution in [3.05, 3.63) is 89.1 Å². The zero-order valence-electron chi connectivity index (χ0n) is 15.4. The number of carbonyl (C=O) groups excluding carboxylic acids is 2. The third-order valence-corrected chi connectivity index (χ3v) is 6.10. The van der Waals surface area contributed by atoms with Crippen LogP contribution in [0.4, 0.5) is 11.4 Å². The predicted molar refractivity (Wildman–Crippen MR) is 122 cm³/mol. The topological polar surface area (TPSA) is 58.2 Å². The summed E-state index contributed by atoms with van der Waals surface area (Å²) in [6.45, 7) is 0. The number of benzene rings is 3. The van der Waals surface area contributed by atoms with E-state index in [1.807, 2.05) is 78.2 Å². The zero-order valence-corrected chi connectivity index (χ0v) is 17.1. The van der Waals surface area contributed by atoms with Crippen molar-refractivity contribution >= 4 is 57.1 Å². The Labute approximate surface area is 177 Å². The van der Waals surface area contributed by atoms with Gasteiger partial charge in [-0.1, -0.05) is 42.5 Å². The standard InChI is InChI=1S/C23H18N2O2S2/c26-22(24-19-11-10-16-5-1-2-6-17(16)13-19)15-29-20-8-3-7-18(14-20)25-23(27)21-9-4-12-28-21/h1-14H,15H2,(H,24,26)(H,25,27). The van der Waals surface area contributed by atoms with Crippen LogP contribution >= 0.6 is 23.1 Å². The molecule has 0 aliphatic carbocycles. The van der Waals surface area contributed by atoms with Gasteiger partial charge in [-0.05, 0) is 52.6 Å². The fourth-order valence-electron chi connectivity index (χ4n) is 2.88. The molecule has 0 spiro atoms. The summed E-state index contributed by atoms with van der Waals surface area (Å²) in [4.78, 5) is 26.1. The fraction of sp³-hybridized carbons (Fsp3) is 0.0435. The summed E-state index contributed by atoms with van der Waals surface area (Å²) in [5.41, 5.74) is 1.49. The largest absolute Gasteiger partial charge is 0.325 e. The number of anilines is 2. The first-order chi connectivity index (χ1) is 14.2. The van der Waals surface area contributed by atoms with Crippen LogP contribution in [-0.4, -0.2) is 17.6 Å². The van der Waals surface area contributed by atoms with Gasteiger partial charge in [0.1, 0.15) is 0 Å². The molecule has 29 heavy (non-hydrogen) atoms. The van der Waals surface area contributed by atoms with Gasteiger partial charge in [0.2, 0.25) is 5.91 Å². The van der Waals surface area contributed by atoms with Crippen LogP contribution < -0.4 is 10.6 Å². The molecule has 0 aliphatic rings. The Morgan fingerprint density at radius 3 is 2.45 bits per heavy atom. The van der Waals surface area contributed by atoms with Gasteiger partial charge in [0.05, 0.1) is 10.6 Å². The number of amides is 2. The van der Waals surface area contributed by atoms with E-state index >= 15 is 0 Å². The first kappa shape index (κ1) is 19.2. The maximum atomic E-state index is 12.3. The molecule has 0 unspecified atom stereocenters. The second-order valence-corrected chi connectivity index (χ2v) is 8.35. The van der Waals surface area contributed by atoms with Crippen molar-refractivity contribution < 1.29 is 9.59 Å². The van der Waals surface area contributed by atoms with Crippen molar-refractivity contribution in [3.63, 3.8) is 0 Å². The molecule has 3 aromatic carbocycles. The van der Waals surface area contributed by atoms with Crippen molar-refractivity contribution in [1.82, 2.24) is 0 Å². The van der Waals surface area contributed by atoms with Crippen LogP contribution in [0.3, 0.4) is 0 Å². The lowest BCUT2D eigenvalue weighted by molar-refractivity contribution is -0.113. The summed E-state index contributed by atoms with van der Waals surface area (Å²) in [5, 5.41) is 9.93. The maximum absolute atomic E-state index is 12.3. The van der Waals surface area contributed by atoms with Crippen molar-refractivity contribution in [2.75, 3.05) is 16.4 Å². The molecule has 0 atom stereocenters. The lowest BCUT2D eigenvalue weighted by Gasteiger charge is -2.08. The van der Waals surface area contributed by atoms with Crippen LogP contribution in [0.15, 0.2) is 89.1 Å². The summed E-state index contributed by atoms with van der Waals surface area (Å²) >= 11 is 2.83. The lowest BCUT2D eigenvalue weighted by atomic mass is 10.1. The van der Waals surface area contributed by atoms with E-state index in [0.717, 1.165) is 21.4 Å². The van der Waals surface area contributed by atoms with E-state index < -0.39 is 0 Å². The molecule has 0 radical (unpaired) electrons. The second-order valence-electron chi connectivity index (χ2n) is 6.36. The number of hydrogen-bond donors (Lipinski definition) is 2. The zero-order chi connectivity index (χ0) is 20.1. The Kier molecular flexibility index (Phi) is 5.93. The van der Waals surface area contributed by atoms with Crippen LogP contribution in [0.5, 0.6) is 0 Å². The van der Waals surface area contributed by atoms with Crippen LogP contribution in [0.1, 0.15) is 9.67 Å². The van der Waals surface area contributed by atoms with Gasteiger partial charge in [0, 0.05) is 16.3 Å².